The van der Waals surface area contributed by atoms with E-state index in [1.165, 1.54) is 0 Å². The maximum Gasteiger partial charge on any atom is 0.373 e. The molecule has 0 fully saturated rings. The van der Waals surface area contributed by atoms with Gasteiger partial charge in [-0.1, -0.05) is 6.92 Å². The number of nitrogens with zero attached hydrogens (tertiary/aromatic N) is 1. The Morgan fingerprint density at radius 3 is 2.58 bits per heavy atom. The molecule has 5 heteroatoms. The summed E-state index contributed by atoms with van der Waals surface area (Å²) >= 11 is 0. The number of carboxylic acids is 1. The monoisotopic (exact) mass is 261 g/mol. The highest BCUT2D eigenvalue weighted by Gasteiger charge is 2.16. The molecule has 0 radical (unpaired) electrons. The Hall–Kier alpha value is -2.30. The van der Waals surface area contributed by atoms with Crippen LogP contribution in [0.2, 0.25) is 0 Å². The van der Waals surface area contributed by atoms with Crippen molar-refractivity contribution in [1.82, 2.24) is 4.98 Å². The van der Waals surface area contributed by atoms with Crippen LogP contribution >= 0.6 is 0 Å². The van der Waals surface area contributed by atoms with Crippen LogP contribution in [0.25, 0.3) is 11.5 Å². The summed E-state index contributed by atoms with van der Waals surface area (Å²) in [6.45, 7) is 4.31. The van der Waals surface area contributed by atoms with E-state index in [-0.39, 0.29) is 5.76 Å². The van der Waals surface area contributed by atoms with Crippen molar-refractivity contribution in [2.75, 3.05) is 6.61 Å². The number of aromatic carboxylic acids is 1. The Kier molecular flexibility index (Phi) is 3.85. The highest BCUT2D eigenvalue weighted by atomic mass is 16.5. The molecule has 0 spiro atoms. The lowest BCUT2D eigenvalue weighted by molar-refractivity contribution is 0.0662. The zero-order valence-electron chi connectivity index (χ0n) is 10.8. The highest BCUT2D eigenvalue weighted by Crippen LogP contribution is 2.24. The lowest BCUT2D eigenvalue weighted by atomic mass is 10.2. The lowest BCUT2D eigenvalue weighted by Crippen LogP contribution is -1.95. The van der Waals surface area contributed by atoms with Crippen molar-refractivity contribution in [3.63, 3.8) is 0 Å². The van der Waals surface area contributed by atoms with E-state index in [9.17, 15) is 4.79 Å². The van der Waals surface area contributed by atoms with Crippen LogP contribution in [0.5, 0.6) is 5.75 Å². The van der Waals surface area contributed by atoms with Gasteiger partial charge in [0, 0.05) is 5.56 Å². The quantitative estimate of drug-likeness (QED) is 0.895. The Balaban J connectivity index is 2.22. The number of carbonyl (C=O) groups is 1. The summed E-state index contributed by atoms with van der Waals surface area (Å²) in [5.41, 5.74) is 1.09. The van der Waals surface area contributed by atoms with Gasteiger partial charge in [-0.3, -0.25) is 0 Å². The van der Waals surface area contributed by atoms with E-state index in [1.807, 2.05) is 19.1 Å². The molecule has 0 saturated heterocycles. The third-order valence-electron chi connectivity index (χ3n) is 2.56. The molecule has 2 aromatic rings. The van der Waals surface area contributed by atoms with Crippen LogP contribution in [0.15, 0.2) is 28.7 Å². The van der Waals surface area contributed by atoms with Gasteiger partial charge >= 0.3 is 5.97 Å². The lowest BCUT2D eigenvalue weighted by Gasteiger charge is -2.04. The Labute approximate surface area is 110 Å². The number of carboxylic acid groups (broad SMARTS) is 1. The fourth-order valence-corrected chi connectivity index (χ4v) is 1.63. The van der Waals surface area contributed by atoms with Crippen molar-refractivity contribution >= 4 is 5.97 Å². The summed E-state index contributed by atoms with van der Waals surface area (Å²) in [5, 5.41) is 8.91. The molecule has 0 bridgehead atoms. The molecule has 0 aliphatic rings. The Bertz CT molecular complexity index is 572. The smallest absolute Gasteiger partial charge is 0.373 e. The minimum atomic E-state index is -1.11. The molecule has 2 rings (SSSR count). The molecule has 1 aromatic carbocycles. The average Bonchev–Trinajstić information content (AvgIpc) is 2.79. The first kappa shape index (κ1) is 13.1. The molecule has 5 nitrogen and oxygen atoms in total. The van der Waals surface area contributed by atoms with E-state index in [0.29, 0.717) is 18.2 Å². The molecule has 1 aromatic heterocycles. The van der Waals surface area contributed by atoms with Crippen molar-refractivity contribution in [3.05, 3.63) is 35.7 Å². The van der Waals surface area contributed by atoms with E-state index in [4.69, 9.17) is 14.3 Å². The van der Waals surface area contributed by atoms with E-state index in [1.54, 1.807) is 19.1 Å². The van der Waals surface area contributed by atoms with Crippen LogP contribution in [-0.4, -0.2) is 22.7 Å². The fraction of sp³-hybridized carbons (Fsp3) is 0.286. The standard InChI is InChI=1S/C14H15NO4/c1-3-8-18-11-6-4-10(5-7-11)13-15-9(2)12(19-13)14(16)17/h4-7H,3,8H2,1-2H3,(H,16,17). The SMILES string of the molecule is CCCOc1ccc(-c2nc(C)c(C(=O)O)o2)cc1. The first-order chi connectivity index (χ1) is 9.11. The average molecular weight is 261 g/mol. The third kappa shape index (κ3) is 2.93. The molecule has 0 aliphatic carbocycles. The largest absolute Gasteiger partial charge is 0.494 e. The molecule has 0 aliphatic heterocycles. The molecular formula is C14H15NO4. The predicted octanol–water partition coefficient (Wildman–Crippen LogP) is 3.14. The van der Waals surface area contributed by atoms with E-state index in [2.05, 4.69) is 4.98 Å². The van der Waals surface area contributed by atoms with Gasteiger partial charge in [-0.15, -0.1) is 0 Å². The number of oxazole rings is 1. The summed E-state index contributed by atoms with van der Waals surface area (Å²) in [4.78, 5) is 15.0. The summed E-state index contributed by atoms with van der Waals surface area (Å²) in [6, 6.07) is 7.21. The summed E-state index contributed by atoms with van der Waals surface area (Å²) in [7, 11) is 0. The van der Waals surface area contributed by atoms with Gasteiger partial charge in [0.25, 0.3) is 0 Å². The number of rotatable bonds is 5. The molecule has 0 unspecified atom stereocenters. The first-order valence-corrected chi connectivity index (χ1v) is 6.05. The van der Waals surface area contributed by atoms with E-state index in [0.717, 1.165) is 17.7 Å². The van der Waals surface area contributed by atoms with Crippen molar-refractivity contribution in [2.45, 2.75) is 20.3 Å². The predicted molar refractivity (Wildman–Crippen MR) is 69.4 cm³/mol. The van der Waals surface area contributed by atoms with Crippen LogP contribution in [0.1, 0.15) is 29.6 Å². The maximum absolute atomic E-state index is 10.9. The molecule has 0 amide bonds. The Morgan fingerprint density at radius 2 is 2.05 bits per heavy atom. The zero-order chi connectivity index (χ0) is 13.8. The normalized spacial score (nSPS) is 10.4. The van der Waals surface area contributed by atoms with Crippen molar-refractivity contribution in [2.24, 2.45) is 0 Å². The summed E-state index contributed by atoms with van der Waals surface area (Å²) < 4.78 is 10.7. The van der Waals surface area contributed by atoms with Crippen LogP contribution in [0, 0.1) is 6.92 Å². The number of aromatic nitrogens is 1. The molecule has 19 heavy (non-hydrogen) atoms. The van der Waals surface area contributed by atoms with Gasteiger partial charge in [-0.2, -0.15) is 0 Å². The summed E-state index contributed by atoms with van der Waals surface area (Å²) in [5.74, 6) is -0.162. The minimum Gasteiger partial charge on any atom is -0.494 e. The van der Waals surface area contributed by atoms with Crippen LogP contribution in [0.3, 0.4) is 0 Å². The van der Waals surface area contributed by atoms with Gasteiger partial charge in [0.05, 0.1) is 12.3 Å². The second-order valence-corrected chi connectivity index (χ2v) is 4.11. The van der Waals surface area contributed by atoms with Gasteiger partial charge in [0.2, 0.25) is 11.7 Å². The van der Waals surface area contributed by atoms with Crippen molar-refractivity contribution < 1.29 is 19.1 Å². The number of hydrogen-bond donors (Lipinski definition) is 1. The number of hydrogen-bond acceptors (Lipinski definition) is 4. The number of benzene rings is 1. The highest BCUT2D eigenvalue weighted by molar-refractivity contribution is 5.86. The van der Waals surface area contributed by atoms with Crippen LogP contribution < -0.4 is 4.74 Å². The Morgan fingerprint density at radius 1 is 1.37 bits per heavy atom. The molecule has 100 valence electrons. The number of aryl methyl sites for hydroxylation is 1. The van der Waals surface area contributed by atoms with E-state index >= 15 is 0 Å². The van der Waals surface area contributed by atoms with Gasteiger partial charge in [0.15, 0.2) is 0 Å². The van der Waals surface area contributed by atoms with Gasteiger partial charge in [-0.25, -0.2) is 9.78 Å². The molecular weight excluding hydrogens is 246 g/mol. The molecule has 0 atom stereocenters. The van der Waals surface area contributed by atoms with Gasteiger partial charge < -0.3 is 14.3 Å². The van der Waals surface area contributed by atoms with Crippen molar-refractivity contribution in [3.8, 4) is 17.2 Å². The van der Waals surface area contributed by atoms with Gasteiger partial charge in [0.1, 0.15) is 5.75 Å². The first-order valence-electron chi connectivity index (χ1n) is 6.05. The number of ether oxygens (including phenoxy) is 1. The fourth-order valence-electron chi connectivity index (χ4n) is 1.63. The second kappa shape index (κ2) is 5.56. The maximum atomic E-state index is 10.9. The molecule has 1 N–H and O–H groups in total. The minimum absolute atomic E-state index is 0.124. The zero-order valence-corrected chi connectivity index (χ0v) is 10.8. The molecule has 1 heterocycles. The van der Waals surface area contributed by atoms with Crippen molar-refractivity contribution in [1.29, 1.82) is 0 Å². The van der Waals surface area contributed by atoms with Gasteiger partial charge in [-0.05, 0) is 37.6 Å². The second-order valence-electron chi connectivity index (χ2n) is 4.11. The van der Waals surface area contributed by atoms with Crippen LogP contribution in [0.4, 0.5) is 0 Å². The van der Waals surface area contributed by atoms with Crippen LogP contribution in [-0.2, 0) is 0 Å². The summed E-state index contributed by atoms with van der Waals surface area (Å²) in [6.07, 6.45) is 0.947. The third-order valence-corrected chi connectivity index (χ3v) is 2.56. The van der Waals surface area contributed by atoms with E-state index < -0.39 is 5.97 Å². The topological polar surface area (TPSA) is 72.6 Å². The molecule has 0 saturated carbocycles.